The number of hydrogen-bond donors (Lipinski definition) is 0. The van der Waals surface area contributed by atoms with Crippen LogP contribution < -0.4 is 4.90 Å². The molecule has 0 aliphatic carbocycles. The molecule has 1 amide bonds. The highest BCUT2D eigenvalue weighted by Crippen LogP contribution is 2.37. The van der Waals surface area contributed by atoms with Crippen LogP contribution in [0.1, 0.15) is 35.1 Å². The fourth-order valence-corrected chi connectivity index (χ4v) is 6.53. The van der Waals surface area contributed by atoms with Crippen LogP contribution in [0, 0.1) is 13.8 Å². The second-order valence-corrected chi connectivity index (χ2v) is 12.8. The van der Waals surface area contributed by atoms with Gasteiger partial charge in [0.25, 0.3) is 5.91 Å². The van der Waals surface area contributed by atoms with Gasteiger partial charge >= 0.3 is 5.97 Å². The van der Waals surface area contributed by atoms with Crippen molar-refractivity contribution < 1.29 is 27.2 Å². The van der Waals surface area contributed by atoms with E-state index in [4.69, 9.17) is 20.8 Å². The first kappa shape index (κ1) is 31.0. The van der Waals surface area contributed by atoms with E-state index in [2.05, 4.69) is 0 Å². The van der Waals surface area contributed by atoms with Crippen LogP contribution >= 0.6 is 11.6 Å². The van der Waals surface area contributed by atoms with Gasteiger partial charge in [-0.05, 0) is 74.4 Å². The van der Waals surface area contributed by atoms with Gasteiger partial charge in [0.1, 0.15) is 11.5 Å². The van der Waals surface area contributed by atoms with Crippen LogP contribution in [-0.2, 0) is 37.4 Å². The van der Waals surface area contributed by atoms with Gasteiger partial charge in [0.15, 0.2) is 0 Å². The third-order valence-electron chi connectivity index (χ3n) is 7.36. The lowest BCUT2D eigenvalue weighted by molar-refractivity contribution is -0.136. The highest BCUT2D eigenvalue weighted by molar-refractivity contribution is 7.89. The van der Waals surface area contributed by atoms with Crippen molar-refractivity contribution in [1.82, 2.24) is 4.31 Å². The number of rotatable bonds is 9. The van der Waals surface area contributed by atoms with Crippen molar-refractivity contribution in [2.24, 2.45) is 0 Å². The lowest BCUT2D eigenvalue weighted by Gasteiger charge is -2.21. The number of anilines is 1. The van der Waals surface area contributed by atoms with E-state index in [1.807, 2.05) is 44.2 Å². The smallest absolute Gasteiger partial charge is 0.340 e. The zero-order chi connectivity index (χ0) is 31.6. The number of hydrogen-bond acceptors (Lipinski definition) is 6. The lowest BCUT2D eigenvalue weighted by Crippen LogP contribution is -2.30. The van der Waals surface area contributed by atoms with Gasteiger partial charge in [-0.2, -0.15) is 4.31 Å². The molecule has 1 aliphatic heterocycles. The summed E-state index contributed by atoms with van der Waals surface area (Å²) < 4.78 is 39.9. The van der Waals surface area contributed by atoms with Gasteiger partial charge in [-0.3, -0.25) is 9.69 Å². The number of furan rings is 1. The Hall–Kier alpha value is -4.44. The van der Waals surface area contributed by atoms with Crippen LogP contribution in [0.15, 0.2) is 111 Å². The Balaban J connectivity index is 1.48. The first-order valence-corrected chi connectivity index (χ1v) is 15.6. The summed E-state index contributed by atoms with van der Waals surface area (Å²) in [5.41, 5.74) is 3.68. The Morgan fingerprint density at radius 3 is 2.32 bits per heavy atom. The van der Waals surface area contributed by atoms with E-state index in [1.165, 1.54) is 22.4 Å². The van der Waals surface area contributed by atoms with Crippen LogP contribution in [0.25, 0.3) is 6.08 Å². The molecular formula is C34H31ClN2O6S. The predicted molar refractivity (Wildman–Crippen MR) is 169 cm³/mol. The summed E-state index contributed by atoms with van der Waals surface area (Å²) >= 11 is 6.33. The van der Waals surface area contributed by atoms with Crippen LogP contribution in [0.3, 0.4) is 0 Å². The van der Waals surface area contributed by atoms with E-state index in [0.29, 0.717) is 22.2 Å². The molecule has 0 radical (unpaired) electrons. The molecule has 3 aromatic carbocycles. The van der Waals surface area contributed by atoms with E-state index in [9.17, 15) is 18.0 Å². The maximum Gasteiger partial charge on any atom is 0.340 e. The number of methoxy groups -OCH3 is 1. The topological polar surface area (TPSA) is 97.1 Å². The largest absolute Gasteiger partial charge is 0.465 e. The summed E-state index contributed by atoms with van der Waals surface area (Å²) in [5, 5.41) is 0.483. The number of ether oxygens (including phenoxy) is 1. The number of nitrogens with zero attached hydrogens (tertiary/aromatic N) is 2. The number of sulfonamides is 1. The first-order valence-electron chi connectivity index (χ1n) is 13.8. The highest BCUT2D eigenvalue weighted by Gasteiger charge is 2.38. The van der Waals surface area contributed by atoms with Crippen molar-refractivity contribution in [2.45, 2.75) is 38.8 Å². The van der Waals surface area contributed by atoms with Crippen molar-refractivity contribution in [3.8, 4) is 0 Å². The average Bonchev–Trinajstić information content (AvgIpc) is 3.55. The normalized spacial score (nSPS) is 14.6. The number of halogens is 1. The van der Waals surface area contributed by atoms with Crippen LogP contribution in [-0.4, -0.2) is 31.7 Å². The molecule has 2 heterocycles. The second kappa shape index (κ2) is 12.7. The molecule has 0 unspecified atom stereocenters. The molecule has 8 nitrogen and oxygen atoms in total. The Bertz CT molecular complexity index is 1890. The highest BCUT2D eigenvalue weighted by atomic mass is 35.5. The maximum absolute atomic E-state index is 13.7. The summed E-state index contributed by atoms with van der Waals surface area (Å²) in [4.78, 5) is 28.1. The van der Waals surface area contributed by atoms with Gasteiger partial charge < -0.3 is 9.15 Å². The number of carbonyl (C=O) groups is 2. The summed E-state index contributed by atoms with van der Waals surface area (Å²) in [7, 11) is -2.65. The molecule has 0 atom stereocenters. The molecule has 0 fully saturated rings. The molecule has 1 aliphatic rings. The lowest BCUT2D eigenvalue weighted by atomic mass is 10.1. The van der Waals surface area contributed by atoms with Crippen LogP contribution in [0.2, 0.25) is 5.02 Å². The number of esters is 1. The minimum absolute atomic E-state index is 0.0606. The van der Waals surface area contributed by atoms with Crippen molar-refractivity contribution in [2.75, 3.05) is 12.0 Å². The summed E-state index contributed by atoms with van der Waals surface area (Å²) in [6.07, 6.45) is 1.47. The van der Waals surface area contributed by atoms with Gasteiger partial charge in [-0.15, -0.1) is 0 Å². The molecule has 4 aromatic rings. The Labute approximate surface area is 261 Å². The number of benzene rings is 3. The van der Waals surface area contributed by atoms with E-state index in [-0.39, 0.29) is 34.9 Å². The summed E-state index contributed by atoms with van der Waals surface area (Å²) in [6, 6.07) is 24.5. The monoisotopic (exact) mass is 630 g/mol. The summed E-state index contributed by atoms with van der Waals surface area (Å²) in [6.45, 7) is 5.46. The quantitative estimate of drug-likeness (QED) is 0.149. The number of carbonyl (C=O) groups excluding carboxylic acids is 2. The Kier molecular flexibility index (Phi) is 8.92. The van der Waals surface area contributed by atoms with Gasteiger partial charge in [0.2, 0.25) is 10.0 Å². The fraction of sp³-hybridized carbons (Fsp3) is 0.176. The van der Waals surface area contributed by atoms with Crippen LogP contribution in [0.5, 0.6) is 0 Å². The van der Waals surface area contributed by atoms with Crippen molar-refractivity contribution in [3.63, 3.8) is 0 Å². The minimum atomic E-state index is -3.89. The fourth-order valence-electron chi connectivity index (χ4n) is 4.96. The average molecular weight is 631 g/mol. The molecule has 0 bridgehead atoms. The molecule has 1 aromatic heterocycles. The van der Waals surface area contributed by atoms with Gasteiger partial charge in [0.05, 0.1) is 35.4 Å². The number of allylic oxidation sites excluding steroid dienone is 1. The van der Waals surface area contributed by atoms with E-state index < -0.39 is 21.9 Å². The third kappa shape index (κ3) is 6.26. The zero-order valence-electron chi connectivity index (χ0n) is 24.7. The Morgan fingerprint density at radius 1 is 0.955 bits per heavy atom. The maximum atomic E-state index is 13.7. The number of amides is 1. The SMILES string of the molecule is COC(=O)C1=C(C)N(c2ccc(C)c(Cl)c2)C(=O)/C1=C/c1ccc(CN(Cc2ccccc2)S(=O)(=O)c2ccc(C)cc2)o1. The second-order valence-electron chi connectivity index (χ2n) is 10.5. The van der Waals surface area contributed by atoms with Gasteiger partial charge in [-0.25, -0.2) is 13.2 Å². The zero-order valence-corrected chi connectivity index (χ0v) is 26.3. The van der Waals surface area contributed by atoms with Crippen molar-refractivity contribution in [1.29, 1.82) is 0 Å². The molecule has 0 N–H and O–H groups in total. The molecule has 5 rings (SSSR count). The van der Waals surface area contributed by atoms with Crippen LogP contribution in [0.4, 0.5) is 5.69 Å². The third-order valence-corrected chi connectivity index (χ3v) is 9.58. The van der Waals surface area contributed by atoms with E-state index in [0.717, 1.165) is 16.7 Å². The molecule has 10 heteroatoms. The predicted octanol–water partition coefficient (Wildman–Crippen LogP) is 6.82. The first-order chi connectivity index (χ1) is 21.0. The molecule has 0 saturated carbocycles. The molecule has 0 saturated heterocycles. The minimum Gasteiger partial charge on any atom is -0.465 e. The van der Waals surface area contributed by atoms with Gasteiger partial charge in [-0.1, -0.05) is 65.7 Å². The molecule has 44 heavy (non-hydrogen) atoms. The van der Waals surface area contributed by atoms with E-state index in [1.54, 1.807) is 61.5 Å². The summed E-state index contributed by atoms with van der Waals surface area (Å²) in [5.74, 6) is -0.494. The van der Waals surface area contributed by atoms with Crippen molar-refractivity contribution >= 4 is 45.3 Å². The standard InChI is InChI=1S/C34H31ClN2O6S/c1-22-10-16-29(17-11-22)44(40,41)36(20-25-8-6-5-7-9-25)21-28-15-14-27(43-28)19-30-32(34(39)42-4)24(3)37(33(30)38)26-13-12-23(2)31(35)18-26/h5-19H,20-21H2,1-4H3/b30-19+. The van der Waals surface area contributed by atoms with Crippen molar-refractivity contribution in [3.05, 3.63) is 135 Å². The molecular weight excluding hydrogens is 600 g/mol. The Morgan fingerprint density at radius 2 is 1.66 bits per heavy atom. The molecule has 0 spiro atoms. The number of aryl methyl sites for hydroxylation is 2. The van der Waals surface area contributed by atoms with Gasteiger partial charge in [0, 0.05) is 17.3 Å². The molecule has 226 valence electrons. The van der Waals surface area contributed by atoms with E-state index >= 15 is 0 Å².